The minimum Gasteiger partial charge on any atom is -0.399 e. The van der Waals surface area contributed by atoms with Crippen molar-refractivity contribution in [3.8, 4) is 0 Å². The van der Waals surface area contributed by atoms with Gasteiger partial charge in [0, 0.05) is 29.7 Å². The van der Waals surface area contributed by atoms with E-state index in [-0.39, 0.29) is 23.8 Å². The quantitative estimate of drug-likeness (QED) is 0.588. The Hall–Kier alpha value is -1.40. The van der Waals surface area contributed by atoms with E-state index in [2.05, 4.69) is 10.6 Å². The normalized spacial score (nSPS) is 13.7. The zero-order valence-corrected chi connectivity index (χ0v) is 12.3. The van der Waals surface area contributed by atoms with Gasteiger partial charge in [-0.2, -0.15) is 11.8 Å². The van der Waals surface area contributed by atoms with Gasteiger partial charge < -0.3 is 21.5 Å². The Morgan fingerprint density at radius 3 is 2.74 bits per heavy atom. The minimum absolute atomic E-state index is 0.0187. The number of carbonyl (C=O) groups is 1. The first-order valence-electron chi connectivity index (χ1n) is 6.05. The van der Waals surface area contributed by atoms with Gasteiger partial charge in [-0.1, -0.05) is 0 Å². The summed E-state index contributed by atoms with van der Waals surface area (Å²) in [5, 5.41) is 15.2. The van der Waals surface area contributed by atoms with E-state index in [1.165, 1.54) is 0 Å². The number of thioether (sulfide) groups is 1. The van der Waals surface area contributed by atoms with Crippen molar-refractivity contribution >= 4 is 29.0 Å². The molecule has 0 radical (unpaired) electrons. The predicted octanol–water partition coefficient (Wildman–Crippen LogP) is 1.15. The molecule has 1 aromatic carbocycles. The molecule has 0 saturated heterocycles. The lowest BCUT2D eigenvalue weighted by atomic mass is 10.1. The second-order valence-corrected chi connectivity index (χ2v) is 5.35. The van der Waals surface area contributed by atoms with Crippen molar-refractivity contribution in [2.45, 2.75) is 18.2 Å². The third-order valence-electron chi connectivity index (χ3n) is 2.94. The Bertz CT molecular complexity index is 436. The Morgan fingerprint density at radius 1 is 1.53 bits per heavy atom. The van der Waals surface area contributed by atoms with Crippen LogP contribution in [-0.4, -0.2) is 42.2 Å². The number of benzene rings is 1. The standard InChI is InChI=1S/C13H21N3O2S/c1-8(12(7-17)19-3)16-11-6-9(14)4-5-10(11)13(18)15-2/h4-6,8,12,16-17H,7,14H2,1-3H3,(H,15,18). The van der Waals surface area contributed by atoms with E-state index in [4.69, 9.17) is 5.73 Å². The van der Waals surface area contributed by atoms with Crippen LogP contribution in [-0.2, 0) is 0 Å². The molecule has 6 heteroatoms. The molecule has 5 N–H and O–H groups in total. The topological polar surface area (TPSA) is 87.4 Å². The summed E-state index contributed by atoms with van der Waals surface area (Å²) in [6.45, 7) is 2.04. The molecular formula is C13H21N3O2S. The molecule has 0 fully saturated rings. The first-order chi connectivity index (χ1) is 9.03. The van der Waals surface area contributed by atoms with E-state index in [1.807, 2.05) is 13.2 Å². The van der Waals surface area contributed by atoms with Gasteiger partial charge in [-0.05, 0) is 31.4 Å². The van der Waals surface area contributed by atoms with Crippen molar-refractivity contribution in [3.63, 3.8) is 0 Å². The zero-order chi connectivity index (χ0) is 14.4. The van der Waals surface area contributed by atoms with Crippen molar-refractivity contribution in [1.82, 2.24) is 5.32 Å². The van der Waals surface area contributed by atoms with E-state index < -0.39 is 0 Å². The van der Waals surface area contributed by atoms with E-state index in [1.54, 1.807) is 37.0 Å². The molecule has 106 valence electrons. The number of nitrogens with one attached hydrogen (secondary N) is 2. The van der Waals surface area contributed by atoms with Crippen LogP contribution in [0.5, 0.6) is 0 Å². The number of anilines is 2. The number of amides is 1. The molecule has 5 nitrogen and oxygen atoms in total. The molecule has 1 rings (SSSR count). The highest BCUT2D eigenvalue weighted by Crippen LogP contribution is 2.22. The van der Waals surface area contributed by atoms with Gasteiger partial charge in [0.15, 0.2) is 0 Å². The van der Waals surface area contributed by atoms with Crippen molar-refractivity contribution in [2.24, 2.45) is 0 Å². The van der Waals surface area contributed by atoms with Gasteiger partial charge in [-0.3, -0.25) is 4.79 Å². The SMILES string of the molecule is CNC(=O)c1ccc(N)cc1NC(C)C(CO)SC. The highest BCUT2D eigenvalue weighted by atomic mass is 32.2. The fraction of sp³-hybridized carbons (Fsp3) is 0.462. The number of hydrogen-bond acceptors (Lipinski definition) is 5. The molecule has 19 heavy (non-hydrogen) atoms. The third-order valence-corrected chi connectivity index (χ3v) is 4.10. The lowest BCUT2D eigenvalue weighted by molar-refractivity contribution is 0.0964. The van der Waals surface area contributed by atoms with Gasteiger partial charge in [0.25, 0.3) is 5.91 Å². The van der Waals surface area contributed by atoms with Gasteiger partial charge in [0.1, 0.15) is 0 Å². The summed E-state index contributed by atoms with van der Waals surface area (Å²) in [7, 11) is 1.59. The lowest BCUT2D eigenvalue weighted by Gasteiger charge is -2.23. The van der Waals surface area contributed by atoms with Gasteiger partial charge >= 0.3 is 0 Å². The second kappa shape index (κ2) is 7.25. The monoisotopic (exact) mass is 283 g/mol. The van der Waals surface area contributed by atoms with E-state index in [9.17, 15) is 9.90 Å². The average Bonchev–Trinajstić information content (AvgIpc) is 2.39. The Kier molecular flexibility index (Phi) is 5.98. The molecule has 2 atom stereocenters. The molecule has 0 heterocycles. The molecular weight excluding hydrogens is 262 g/mol. The van der Waals surface area contributed by atoms with E-state index >= 15 is 0 Å². The van der Waals surface area contributed by atoms with Crippen LogP contribution in [0.25, 0.3) is 0 Å². The van der Waals surface area contributed by atoms with Crippen molar-refractivity contribution in [2.75, 3.05) is 31.0 Å². The summed E-state index contributed by atoms with van der Waals surface area (Å²) < 4.78 is 0. The van der Waals surface area contributed by atoms with Gasteiger partial charge in [0.05, 0.1) is 12.2 Å². The zero-order valence-electron chi connectivity index (χ0n) is 11.4. The molecule has 1 aromatic rings. The second-order valence-electron chi connectivity index (χ2n) is 4.27. The number of nitrogens with two attached hydrogens (primary N) is 1. The summed E-state index contributed by atoms with van der Waals surface area (Å²) in [6, 6.07) is 5.13. The summed E-state index contributed by atoms with van der Waals surface area (Å²) >= 11 is 1.58. The van der Waals surface area contributed by atoms with Gasteiger partial charge in [-0.25, -0.2) is 0 Å². The van der Waals surface area contributed by atoms with Gasteiger partial charge in [0.2, 0.25) is 0 Å². The number of nitrogen functional groups attached to an aromatic ring is 1. The van der Waals surface area contributed by atoms with Crippen LogP contribution in [0.4, 0.5) is 11.4 Å². The molecule has 0 spiro atoms. The first kappa shape index (κ1) is 15.7. The van der Waals surface area contributed by atoms with Crippen LogP contribution in [0.15, 0.2) is 18.2 Å². The maximum atomic E-state index is 11.8. The van der Waals surface area contributed by atoms with Crippen molar-refractivity contribution in [1.29, 1.82) is 0 Å². The van der Waals surface area contributed by atoms with Crippen LogP contribution in [0, 0.1) is 0 Å². The number of hydrogen-bond donors (Lipinski definition) is 4. The summed E-state index contributed by atoms with van der Waals surface area (Å²) in [5.41, 5.74) is 7.57. The highest BCUT2D eigenvalue weighted by molar-refractivity contribution is 7.99. The Morgan fingerprint density at radius 2 is 2.21 bits per heavy atom. The summed E-state index contributed by atoms with van der Waals surface area (Å²) in [6.07, 6.45) is 1.94. The molecule has 0 bridgehead atoms. The van der Waals surface area contributed by atoms with Crippen LogP contribution in [0.1, 0.15) is 17.3 Å². The largest absolute Gasteiger partial charge is 0.399 e. The summed E-state index contributed by atoms with van der Waals surface area (Å²) in [5.74, 6) is -0.167. The first-order valence-corrected chi connectivity index (χ1v) is 7.34. The molecule has 0 aliphatic rings. The van der Waals surface area contributed by atoms with Crippen LogP contribution >= 0.6 is 11.8 Å². The van der Waals surface area contributed by atoms with Crippen molar-refractivity contribution < 1.29 is 9.90 Å². The fourth-order valence-corrected chi connectivity index (χ4v) is 2.41. The number of carbonyl (C=O) groups excluding carboxylic acids is 1. The lowest BCUT2D eigenvalue weighted by Crippen LogP contribution is -2.32. The number of rotatable bonds is 6. The van der Waals surface area contributed by atoms with Gasteiger partial charge in [-0.15, -0.1) is 0 Å². The number of aliphatic hydroxyl groups excluding tert-OH is 1. The average molecular weight is 283 g/mol. The van der Waals surface area contributed by atoms with Crippen LogP contribution < -0.4 is 16.4 Å². The molecule has 0 saturated carbocycles. The highest BCUT2D eigenvalue weighted by Gasteiger charge is 2.18. The minimum atomic E-state index is -0.167. The predicted molar refractivity (Wildman–Crippen MR) is 81.7 cm³/mol. The molecule has 0 aliphatic heterocycles. The maximum Gasteiger partial charge on any atom is 0.253 e. The Balaban J connectivity index is 2.98. The number of aliphatic hydroxyl groups is 1. The van der Waals surface area contributed by atoms with Crippen LogP contribution in [0.3, 0.4) is 0 Å². The molecule has 0 aromatic heterocycles. The third kappa shape index (κ3) is 4.04. The summed E-state index contributed by atoms with van der Waals surface area (Å²) in [4.78, 5) is 11.8. The maximum absolute atomic E-state index is 11.8. The van der Waals surface area contributed by atoms with Crippen molar-refractivity contribution in [3.05, 3.63) is 23.8 Å². The smallest absolute Gasteiger partial charge is 0.253 e. The molecule has 1 amide bonds. The van der Waals surface area contributed by atoms with Crippen LogP contribution in [0.2, 0.25) is 0 Å². The Labute approximate surface area is 118 Å². The van der Waals surface area contributed by atoms with E-state index in [0.717, 1.165) is 0 Å². The molecule has 0 aliphatic carbocycles. The van der Waals surface area contributed by atoms with E-state index in [0.29, 0.717) is 16.9 Å². The fourth-order valence-electron chi connectivity index (χ4n) is 1.79. The molecule has 2 unspecified atom stereocenters.